The van der Waals surface area contributed by atoms with Crippen molar-refractivity contribution < 1.29 is 8.42 Å². The number of rotatable bonds is 6. The molecule has 0 unspecified atom stereocenters. The SMILES string of the molecule is Cc1ccnc(Nc2cc(N3CCN(S(=O)(=O)Cc4ccc(Cl)cc4)CC3)nc(C)n2)c1. The largest absolute Gasteiger partial charge is 0.354 e. The Hall–Kier alpha value is -2.75. The van der Waals surface area contributed by atoms with Gasteiger partial charge < -0.3 is 10.2 Å². The van der Waals surface area contributed by atoms with E-state index in [2.05, 4.69) is 25.2 Å². The molecule has 8 nitrogen and oxygen atoms in total. The van der Waals surface area contributed by atoms with Crippen LogP contribution in [0.25, 0.3) is 0 Å². The van der Waals surface area contributed by atoms with E-state index in [1.54, 1.807) is 34.8 Å². The fourth-order valence-corrected chi connectivity index (χ4v) is 5.23. The summed E-state index contributed by atoms with van der Waals surface area (Å²) >= 11 is 5.90. The molecular formula is C22H25ClN6O2S. The van der Waals surface area contributed by atoms with Gasteiger partial charge in [0.2, 0.25) is 10.0 Å². The standard InChI is InChI=1S/C22H25ClN6O2S/c1-16-7-8-24-20(13-16)27-21-14-22(26-17(2)25-21)28-9-11-29(12-10-28)32(30,31)15-18-3-5-19(23)6-4-18/h3-8,13-14H,9-12,15H2,1-2H3,(H,24,25,26,27). The summed E-state index contributed by atoms with van der Waals surface area (Å²) in [6.45, 7) is 5.76. The van der Waals surface area contributed by atoms with Gasteiger partial charge in [-0.25, -0.2) is 23.4 Å². The summed E-state index contributed by atoms with van der Waals surface area (Å²) in [6, 6.07) is 12.7. The summed E-state index contributed by atoms with van der Waals surface area (Å²) in [5.74, 6) is 2.74. The average molecular weight is 473 g/mol. The number of nitrogens with one attached hydrogen (secondary N) is 1. The van der Waals surface area contributed by atoms with E-state index in [1.807, 2.05) is 32.0 Å². The first-order valence-electron chi connectivity index (χ1n) is 10.3. The first kappa shape index (κ1) is 22.4. The maximum Gasteiger partial charge on any atom is 0.218 e. The molecule has 0 atom stereocenters. The molecular weight excluding hydrogens is 448 g/mol. The number of nitrogens with zero attached hydrogens (tertiary/aromatic N) is 5. The van der Waals surface area contributed by atoms with Crippen molar-refractivity contribution in [3.8, 4) is 0 Å². The molecule has 0 saturated carbocycles. The fourth-order valence-electron chi connectivity index (χ4n) is 3.59. The van der Waals surface area contributed by atoms with E-state index in [9.17, 15) is 8.42 Å². The smallest absolute Gasteiger partial charge is 0.218 e. The highest BCUT2D eigenvalue weighted by Gasteiger charge is 2.28. The zero-order valence-corrected chi connectivity index (χ0v) is 19.6. The van der Waals surface area contributed by atoms with Crippen LogP contribution in [0.1, 0.15) is 17.0 Å². The highest BCUT2D eigenvalue weighted by molar-refractivity contribution is 7.88. The van der Waals surface area contributed by atoms with Gasteiger partial charge in [0.25, 0.3) is 0 Å². The number of aromatic nitrogens is 3. The Bertz CT molecular complexity index is 1200. The Morgan fingerprint density at radius 3 is 2.38 bits per heavy atom. The number of sulfonamides is 1. The number of piperazine rings is 1. The quantitative estimate of drug-likeness (QED) is 0.586. The second-order valence-electron chi connectivity index (χ2n) is 7.77. The summed E-state index contributed by atoms with van der Waals surface area (Å²) in [5, 5.41) is 3.81. The molecule has 1 N–H and O–H groups in total. The second kappa shape index (κ2) is 9.40. The summed E-state index contributed by atoms with van der Waals surface area (Å²) in [6.07, 6.45) is 1.75. The van der Waals surface area contributed by atoms with Crippen LogP contribution in [-0.2, 0) is 15.8 Å². The number of anilines is 3. The lowest BCUT2D eigenvalue weighted by molar-refractivity contribution is 0.383. The maximum absolute atomic E-state index is 12.9. The summed E-state index contributed by atoms with van der Waals surface area (Å²) < 4.78 is 27.3. The van der Waals surface area contributed by atoms with Crippen molar-refractivity contribution in [2.75, 3.05) is 36.4 Å². The van der Waals surface area contributed by atoms with Gasteiger partial charge in [-0.2, -0.15) is 4.31 Å². The van der Waals surface area contributed by atoms with Crippen molar-refractivity contribution in [1.82, 2.24) is 19.3 Å². The molecule has 4 rings (SSSR count). The van der Waals surface area contributed by atoms with E-state index < -0.39 is 10.0 Å². The minimum Gasteiger partial charge on any atom is -0.354 e. The zero-order chi connectivity index (χ0) is 22.7. The molecule has 3 aromatic rings. The predicted molar refractivity (Wildman–Crippen MR) is 127 cm³/mol. The first-order valence-corrected chi connectivity index (χ1v) is 12.3. The van der Waals surface area contributed by atoms with Crippen LogP contribution in [0.2, 0.25) is 5.02 Å². The molecule has 168 valence electrons. The molecule has 2 aromatic heterocycles. The molecule has 3 heterocycles. The highest BCUT2D eigenvalue weighted by atomic mass is 35.5. The van der Waals surface area contributed by atoms with Crippen molar-refractivity contribution in [1.29, 1.82) is 0 Å². The predicted octanol–water partition coefficient (Wildman–Crippen LogP) is 3.54. The lowest BCUT2D eigenvalue weighted by atomic mass is 10.2. The van der Waals surface area contributed by atoms with Gasteiger partial charge in [-0.15, -0.1) is 0 Å². The molecule has 0 radical (unpaired) electrons. The topological polar surface area (TPSA) is 91.3 Å². The molecule has 1 aliphatic rings. The van der Waals surface area contributed by atoms with Crippen LogP contribution < -0.4 is 10.2 Å². The van der Waals surface area contributed by atoms with Gasteiger partial charge in [0.15, 0.2) is 0 Å². The fraction of sp³-hybridized carbons (Fsp3) is 0.318. The monoisotopic (exact) mass is 472 g/mol. The normalized spacial score (nSPS) is 15.0. The molecule has 1 aliphatic heterocycles. The summed E-state index contributed by atoms with van der Waals surface area (Å²) in [5.41, 5.74) is 1.83. The van der Waals surface area contributed by atoms with Gasteiger partial charge in [0.1, 0.15) is 23.3 Å². The Morgan fingerprint density at radius 2 is 1.69 bits per heavy atom. The zero-order valence-electron chi connectivity index (χ0n) is 18.0. The van der Waals surface area contributed by atoms with Gasteiger partial charge in [0.05, 0.1) is 5.75 Å². The van der Waals surface area contributed by atoms with Crippen molar-refractivity contribution in [2.45, 2.75) is 19.6 Å². The van der Waals surface area contributed by atoms with Gasteiger partial charge in [-0.1, -0.05) is 23.7 Å². The number of halogens is 1. The molecule has 0 bridgehead atoms. The van der Waals surface area contributed by atoms with Gasteiger partial charge in [-0.3, -0.25) is 0 Å². The Balaban J connectivity index is 1.42. The van der Waals surface area contributed by atoms with E-state index in [4.69, 9.17) is 11.6 Å². The number of pyridine rings is 1. The van der Waals surface area contributed by atoms with Crippen molar-refractivity contribution >= 4 is 39.1 Å². The number of aryl methyl sites for hydroxylation is 2. The Kier molecular flexibility index (Phi) is 6.59. The maximum atomic E-state index is 12.9. The van der Waals surface area contributed by atoms with Gasteiger partial charge >= 0.3 is 0 Å². The van der Waals surface area contributed by atoms with E-state index in [-0.39, 0.29) is 5.75 Å². The van der Waals surface area contributed by atoms with E-state index in [0.717, 1.165) is 16.9 Å². The van der Waals surface area contributed by atoms with Crippen LogP contribution >= 0.6 is 11.6 Å². The molecule has 1 aromatic carbocycles. The average Bonchev–Trinajstić information content (AvgIpc) is 2.75. The molecule has 0 amide bonds. The second-order valence-corrected chi connectivity index (χ2v) is 10.2. The van der Waals surface area contributed by atoms with Gasteiger partial charge in [0, 0.05) is 43.5 Å². The van der Waals surface area contributed by atoms with Crippen LogP contribution in [0.15, 0.2) is 48.7 Å². The third-order valence-corrected chi connectivity index (χ3v) is 7.32. The van der Waals surface area contributed by atoms with E-state index in [0.29, 0.717) is 48.7 Å². The van der Waals surface area contributed by atoms with Crippen molar-refractivity contribution in [3.63, 3.8) is 0 Å². The Morgan fingerprint density at radius 1 is 0.969 bits per heavy atom. The number of hydrogen-bond donors (Lipinski definition) is 1. The summed E-state index contributed by atoms with van der Waals surface area (Å²) in [4.78, 5) is 15.4. The first-order chi connectivity index (χ1) is 15.3. The van der Waals surface area contributed by atoms with Crippen LogP contribution in [0.4, 0.5) is 17.5 Å². The number of hydrogen-bond acceptors (Lipinski definition) is 7. The molecule has 10 heteroatoms. The summed E-state index contributed by atoms with van der Waals surface area (Å²) in [7, 11) is -3.41. The minimum atomic E-state index is -3.41. The van der Waals surface area contributed by atoms with Crippen LogP contribution in [-0.4, -0.2) is 53.9 Å². The van der Waals surface area contributed by atoms with Crippen LogP contribution in [0, 0.1) is 13.8 Å². The molecule has 1 saturated heterocycles. The number of benzene rings is 1. The third-order valence-electron chi connectivity index (χ3n) is 5.21. The lowest BCUT2D eigenvalue weighted by Crippen LogP contribution is -2.49. The van der Waals surface area contributed by atoms with E-state index in [1.165, 1.54) is 0 Å². The van der Waals surface area contributed by atoms with Crippen molar-refractivity contribution in [2.24, 2.45) is 0 Å². The van der Waals surface area contributed by atoms with Crippen LogP contribution in [0.3, 0.4) is 0 Å². The van der Waals surface area contributed by atoms with Gasteiger partial charge in [-0.05, 0) is 49.2 Å². The lowest BCUT2D eigenvalue weighted by Gasteiger charge is -2.34. The van der Waals surface area contributed by atoms with Crippen molar-refractivity contribution in [3.05, 3.63) is 70.6 Å². The highest BCUT2D eigenvalue weighted by Crippen LogP contribution is 2.22. The molecule has 0 spiro atoms. The molecule has 0 aliphatic carbocycles. The molecule has 1 fully saturated rings. The van der Waals surface area contributed by atoms with Crippen LogP contribution in [0.5, 0.6) is 0 Å². The Labute approximate surface area is 193 Å². The third kappa shape index (κ3) is 5.53. The minimum absolute atomic E-state index is 0.0334. The molecule has 32 heavy (non-hydrogen) atoms. The van der Waals surface area contributed by atoms with E-state index >= 15 is 0 Å².